The van der Waals surface area contributed by atoms with E-state index < -0.39 is 0 Å². The zero-order valence-electron chi connectivity index (χ0n) is 11.0. The second-order valence-corrected chi connectivity index (χ2v) is 5.49. The van der Waals surface area contributed by atoms with Crippen molar-refractivity contribution in [3.63, 3.8) is 0 Å². The van der Waals surface area contributed by atoms with E-state index in [0.29, 0.717) is 0 Å². The Hall–Kier alpha value is -0.120. The van der Waals surface area contributed by atoms with Crippen LogP contribution in [0.2, 0.25) is 0 Å². The zero-order valence-corrected chi connectivity index (χ0v) is 11.0. The Balaban J connectivity index is 3.73. The smallest absolute Gasteiger partial charge is 0.0448 e. The van der Waals surface area contributed by atoms with Crippen LogP contribution < -0.4 is 10.6 Å². The van der Waals surface area contributed by atoms with Crippen LogP contribution in [0.3, 0.4) is 0 Å². The predicted octanol–water partition coefficient (Wildman–Crippen LogP) is 1.52. The summed E-state index contributed by atoms with van der Waals surface area (Å²) in [7, 11) is 0. The quantitative estimate of drug-likeness (QED) is 0.565. The highest BCUT2D eigenvalue weighted by atomic mass is 16.3. The van der Waals surface area contributed by atoms with Gasteiger partial charge in [0, 0.05) is 30.8 Å². The number of aliphatic hydroxyl groups excluding tert-OH is 1. The first-order valence-electron chi connectivity index (χ1n) is 5.94. The standard InChI is InChI=1S/C12H28N2O/c1-6-12(5,7-10-15)14-9-8-13-11(2,3)4/h13-15H,6-10H2,1-5H3. The predicted molar refractivity (Wildman–Crippen MR) is 66.2 cm³/mol. The van der Waals surface area contributed by atoms with Crippen LogP contribution in [0.25, 0.3) is 0 Å². The molecule has 1 atom stereocenters. The van der Waals surface area contributed by atoms with Gasteiger partial charge in [-0.3, -0.25) is 0 Å². The van der Waals surface area contributed by atoms with Gasteiger partial charge < -0.3 is 15.7 Å². The second kappa shape index (κ2) is 6.46. The third-order valence-electron chi connectivity index (χ3n) is 2.78. The molecule has 0 spiro atoms. The number of rotatable bonds is 7. The van der Waals surface area contributed by atoms with Crippen molar-refractivity contribution in [3.05, 3.63) is 0 Å². The first-order chi connectivity index (χ1) is 6.83. The fourth-order valence-corrected chi connectivity index (χ4v) is 1.44. The van der Waals surface area contributed by atoms with Crippen molar-refractivity contribution < 1.29 is 5.11 Å². The Morgan fingerprint density at radius 1 is 1.00 bits per heavy atom. The molecule has 0 amide bonds. The lowest BCUT2D eigenvalue weighted by Gasteiger charge is -2.30. The third kappa shape index (κ3) is 7.77. The van der Waals surface area contributed by atoms with Crippen LogP contribution in [0, 0.1) is 0 Å². The molecule has 0 fully saturated rings. The molecule has 3 nitrogen and oxygen atoms in total. The van der Waals surface area contributed by atoms with Crippen LogP contribution in [0.15, 0.2) is 0 Å². The molecule has 92 valence electrons. The van der Waals surface area contributed by atoms with E-state index in [9.17, 15) is 0 Å². The highest BCUT2D eigenvalue weighted by molar-refractivity contribution is 4.82. The zero-order chi connectivity index (χ0) is 11.9. The molecule has 0 aromatic carbocycles. The highest BCUT2D eigenvalue weighted by Gasteiger charge is 2.20. The Morgan fingerprint density at radius 2 is 1.53 bits per heavy atom. The summed E-state index contributed by atoms with van der Waals surface area (Å²) in [6.07, 6.45) is 1.86. The summed E-state index contributed by atoms with van der Waals surface area (Å²) in [4.78, 5) is 0. The molecule has 0 heterocycles. The summed E-state index contributed by atoms with van der Waals surface area (Å²) >= 11 is 0. The van der Waals surface area contributed by atoms with E-state index in [1.807, 2.05) is 0 Å². The van der Waals surface area contributed by atoms with Gasteiger partial charge in [-0.1, -0.05) is 6.92 Å². The third-order valence-corrected chi connectivity index (χ3v) is 2.78. The monoisotopic (exact) mass is 216 g/mol. The van der Waals surface area contributed by atoms with Gasteiger partial charge in [0.15, 0.2) is 0 Å². The van der Waals surface area contributed by atoms with Crippen molar-refractivity contribution in [1.82, 2.24) is 10.6 Å². The van der Waals surface area contributed by atoms with Gasteiger partial charge in [-0.25, -0.2) is 0 Å². The molecule has 15 heavy (non-hydrogen) atoms. The minimum atomic E-state index is 0.0777. The van der Waals surface area contributed by atoms with E-state index in [1.165, 1.54) is 0 Å². The molecule has 0 rings (SSSR count). The summed E-state index contributed by atoms with van der Waals surface area (Å²) in [6, 6.07) is 0. The molecular weight excluding hydrogens is 188 g/mol. The molecule has 0 aliphatic heterocycles. The molecule has 0 aromatic rings. The Morgan fingerprint density at radius 3 is 1.93 bits per heavy atom. The van der Waals surface area contributed by atoms with Crippen molar-refractivity contribution in [2.75, 3.05) is 19.7 Å². The maximum Gasteiger partial charge on any atom is 0.0448 e. The summed E-state index contributed by atoms with van der Waals surface area (Å²) in [5.41, 5.74) is 0.260. The van der Waals surface area contributed by atoms with Gasteiger partial charge in [0.25, 0.3) is 0 Å². The number of hydrogen-bond acceptors (Lipinski definition) is 3. The normalized spacial score (nSPS) is 16.4. The van der Waals surface area contributed by atoms with Crippen LogP contribution in [0.5, 0.6) is 0 Å². The van der Waals surface area contributed by atoms with E-state index in [-0.39, 0.29) is 17.7 Å². The minimum absolute atomic E-state index is 0.0777. The summed E-state index contributed by atoms with van der Waals surface area (Å²) in [6.45, 7) is 13.0. The van der Waals surface area contributed by atoms with E-state index >= 15 is 0 Å². The molecule has 0 aliphatic carbocycles. The van der Waals surface area contributed by atoms with E-state index in [1.54, 1.807) is 0 Å². The van der Waals surface area contributed by atoms with Gasteiger partial charge in [-0.2, -0.15) is 0 Å². The number of aliphatic hydroxyl groups is 1. The molecular formula is C12H28N2O. The first-order valence-corrected chi connectivity index (χ1v) is 5.94. The van der Waals surface area contributed by atoms with E-state index in [4.69, 9.17) is 5.11 Å². The minimum Gasteiger partial charge on any atom is -0.396 e. The van der Waals surface area contributed by atoms with Gasteiger partial charge in [-0.05, 0) is 40.5 Å². The van der Waals surface area contributed by atoms with Gasteiger partial charge in [0.05, 0.1) is 0 Å². The van der Waals surface area contributed by atoms with Crippen LogP contribution in [-0.2, 0) is 0 Å². The number of nitrogens with one attached hydrogen (secondary N) is 2. The summed E-state index contributed by atoms with van der Waals surface area (Å²) in [5, 5.41) is 15.9. The topological polar surface area (TPSA) is 44.3 Å². The van der Waals surface area contributed by atoms with E-state index in [2.05, 4.69) is 45.3 Å². The fraction of sp³-hybridized carbons (Fsp3) is 1.00. The van der Waals surface area contributed by atoms with Crippen molar-refractivity contribution in [3.8, 4) is 0 Å². The van der Waals surface area contributed by atoms with Crippen molar-refractivity contribution in [2.45, 2.75) is 58.5 Å². The van der Waals surface area contributed by atoms with Crippen LogP contribution in [-0.4, -0.2) is 35.9 Å². The number of hydrogen-bond donors (Lipinski definition) is 3. The maximum atomic E-state index is 8.96. The van der Waals surface area contributed by atoms with Crippen LogP contribution in [0.1, 0.15) is 47.5 Å². The SMILES string of the molecule is CCC(C)(CCO)NCCNC(C)(C)C. The summed E-state index contributed by atoms with van der Waals surface area (Å²) in [5.74, 6) is 0. The molecule has 0 saturated carbocycles. The fourth-order valence-electron chi connectivity index (χ4n) is 1.44. The molecule has 0 aliphatic rings. The largest absolute Gasteiger partial charge is 0.396 e. The second-order valence-electron chi connectivity index (χ2n) is 5.49. The Labute approximate surface area is 94.6 Å². The van der Waals surface area contributed by atoms with Crippen molar-refractivity contribution in [1.29, 1.82) is 0 Å². The average molecular weight is 216 g/mol. The van der Waals surface area contributed by atoms with Crippen LogP contribution in [0.4, 0.5) is 0 Å². The highest BCUT2D eigenvalue weighted by Crippen LogP contribution is 2.12. The average Bonchev–Trinajstić information content (AvgIpc) is 2.12. The first kappa shape index (κ1) is 14.9. The van der Waals surface area contributed by atoms with Gasteiger partial charge in [-0.15, -0.1) is 0 Å². The Bertz CT molecular complexity index is 165. The lowest BCUT2D eigenvalue weighted by molar-refractivity contribution is 0.215. The molecule has 0 aromatic heterocycles. The van der Waals surface area contributed by atoms with Gasteiger partial charge in [0.1, 0.15) is 0 Å². The maximum absolute atomic E-state index is 8.96. The Kier molecular flexibility index (Phi) is 6.41. The molecule has 0 radical (unpaired) electrons. The van der Waals surface area contributed by atoms with Gasteiger partial charge in [0.2, 0.25) is 0 Å². The van der Waals surface area contributed by atoms with Crippen molar-refractivity contribution >= 4 is 0 Å². The lowest BCUT2D eigenvalue weighted by Crippen LogP contribution is -2.47. The van der Waals surface area contributed by atoms with Gasteiger partial charge >= 0.3 is 0 Å². The molecule has 3 heteroatoms. The summed E-state index contributed by atoms with van der Waals surface area (Å²) < 4.78 is 0. The van der Waals surface area contributed by atoms with Crippen LogP contribution >= 0.6 is 0 Å². The van der Waals surface area contributed by atoms with Crippen molar-refractivity contribution in [2.24, 2.45) is 0 Å². The molecule has 0 bridgehead atoms. The van der Waals surface area contributed by atoms with E-state index in [0.717, 1.165) is 25.9 Å². The molecule has 1 unspecified atom stereocenters. The molecule has 3 N–H and O–H groups in total. The lowest BCUT2D eigenvalue weighted by atomic mass is 9.95. The molecule has 0 saturated heterocycles.